The molecular formula is C18H17N3O. The first-order valence-corrected chi connectivity index (χ1v) is 6.90. The lowest BCUT2D eigenvalue weighted by Gasteiger charge is -2.06. The number of ether oxygens (including phenoxy) is 1. The minimum absolute atomic E-state index is 0.465. The van der Waals surface area contributed by atoms with Gasteiger partial charge in [-0.15, -0.1) is 0 Å². The van der Waals surface area contributed by atoms with E-state index in [1.54, 1.807) is 30.9 Å². The Kier molecular flexibility index (Phi) is 6.87. The average molecular weight is 291 g/mol. The largest absolute Gasteiger partial charge is 0.489 e. The van der Waals surface area contributed by atoms with E-state index in [1.807, 2.05) is 54.6 Å². The lowest BCUT2D eigenvalue weighted by Crippen LogP contribution is -1.95. The number of hydrogen-bond donors (Lipinski definition) is 0. The van der Waals surface area contributed by atoms with Crippen LogP contribution in [0, 0.1) is 0 Å². The van der Waals surface area contributed by atoms with E-state index in [0.29, 0.717) is 6.61 Å². The first-order chi connectivity index (χ1) is 11.0. The molecule has 0 radical (unpaired) electrons. The standard InChI is InChI=1S/C18H17N3O/c1-4-11-19-14-7-15-22-18-10-3-2-8-17(18)9-6-13-21-16-20-12-5-1/h1-14,16H,15H2/b4-1-,9-6-,12-5-,14-7-,19-11-,20-16?,21-13?. The molecule has 2 rings (SSSR count). The van der Waals surface area contributed by atoms with Gasteiger partial charge in [0.25, 0.3) is 0 Å². The van der Waals surface area contributed by atoms with Gasteiger partial charge in [-0.3, -0.25) is 4.99 Å². The molecule has 1 aliphatic rings. The van der Waals surface area contributed by atoms with E-state index in [-0.39, 0.29) is 0 Å². The van der Waals surface area contributed by atoms with Gasteiger partial charge in [0, 0.05) is 30.4 Å². The molecule has 1 aromatic carbocycles. The highest BCUT2D eigenvalue weighted by molar-refractivity contribution is 5.84. The fraction of sp³-hybridized carbons (Fsp3) is 0.0556. The van der Waals surface area contributed by atoms with Gasteiger partial charge in [-0.25, -0.2) is 9.98 Å². The van der Waals surface area contributed by atoms with Gasteiger partial charge in [0.2, 0.25) is 0 Å². The lowest BCUT2D eigenvalue weighted by molar-refractivity contribution is 0.362. The molecule has 4 heteroatoms. The molecule has 110 valence electrons. The van der Waals surface area contributed by atoms with Crippen LogP contribution < -0.4 is 4.74 Å². The number of benzene rings is 1. The summed E-state index contributed by atoms with van der Waals surface area (Å²) >= 11 is 0. The third-order valence-electron chi connectivity index (χ3n) is 2.59. The minimum Gasteiger partial charge on any atom is -0.489 e. The first-order valence-electron chi connectivity index (χ1n) is 6.90. The number of para-hydroxylation sites is 1. The van der Waals surface area contributed by atoms with Crippen molar-refractivity contribution in [2.45, 2.75) is 0 Å². The highest BCUT2D eigenvalue weighted by atomic mass is 16.5. The van der Waals surface area contributed by atoms with Gasteiger partial charge >= 0.3 is 0 Å². The summed E-state index contributed by atoms with van der Waals surface area (Å²) in [6.45, 7) is 0.465. The number of hydrogen-bond acceptors (Lipinski definition) is 4. The van der Waals surface area contributed by atoms with Gasteiger partial charge in [-0.05, 0) is 36.4 Å². The maximum Gasteiger partial charge on any atom is 0.126 e. The van der Waals surface area contributed by atoms with Crippen LogP contribution in [0.25, 0.3) is 6.08 Å². The zero-order valence-corrected chi connectivity index (χ0v) is 12.1. The molecule has 22 heavy (non-hydrogen) atoms. The molecule has 4 nitrogen and oxygen atoms in total. The van der Waals surface area contributed by atoms with Gasteiger partial charge in [0.15, 0.2) is 0 Å². The summed E-state index contributed by atoms with van der Waals surface area (Å²) in [5, 5.41) is 0. The zero-order valence-electron chi connectivity index (χ0n) is 12.1. The summed E-state index contributed by atoms with van der Waals surface area (Å²) in [4.78, 5) is 12.2. The van der Waals surface area contributed by atoms with Gasteiger partial charge in [0.1, 0.15) is 18.7 Å². The number of rotatable bonds is 0. The highest BCUT2D eigenvalue weighted by Gasteiger charge is 1.97. The Morgan fingerprint density at radius 2 is 1.73 bits per heavy atom. The van der Waals surface area contributed by atoms with Crippen LogP contribution in [0.2, 0.25) is 0 Å². The van der Waals surface area contributed by atoms with Crippen LogP contribution in [0.5, 0.6) is 5.75 Å². The molecule has 0 unspecified atom stereocenters. The van der Waals surface area contributed by atoms with Crippen molar-refractivity contribution in [1.29, 1.82) is 0 Å². The molecule has 1 aromatic rings. The van der Waals surface area contributed by atoms with Crippen molar-refractivity contribution < 1.29 is 4.74 Å². The molecule has 0 spiro atoms. The molecule has 0 amide bonds. The summed E-state index contributed by atoms with van der Waals surface area (Å²) in [7, 11) is 0. The Bertz CT molecular complexity index is 665. The molecule has 0 bridgehead atoms. The van der Waals surface area contributed by atoms with Gasteiger partial charge in [0.05, 0.1) is 0 Å². The van der Waals surface area contributed by atoms with Crippen LogP contribution in [0.3, 0.4) is 0 Å². The molecule has 0 N–H and O–H groups in total. The van der Waals surface area contributed by atoms with E-state index in [4.69, 9.17) is 4.74 Å². The van der Waals surface area contributed by atoms with Crippen LogP contribution in [0.4, 0.5) is 0 Å². The van der Waals surface area contributed by atoms with Crippen molar-refractivity contribution in [2.75, 3.05) is 6.61 Å². The highest BCUT2D eigenvalue weighted by Crippen LogP contribution is 2.19. The molecule has 0 fully saturated rings. The molecule has 0 saturated heterocycles. The fourth-order valence-corrected chi connectivity index (χ4v) is 1.62. The molecule has 0 aromatic heterocycles. The summed E-state index contributed by atoms with van der Waals surface area (Å²) in [5.74, 6) is 0.818. The second kappa shape index (κ2) is 9.83. The monoisotopic (exact) mass is 291 g/mol. The second-order valence-electron chi connectivity index (χ2n) is 4.18. The van der Waals surface area contributed by atoms with Crippen LogP contribution in [0.15, 0.2) is 82.0 Å². The van der Waals surface area contributed by atoms with Gasteiger partial charge in [-0.2, -0.15) is 0 Å². The number of allylic oxidation sites excluding steroid dienone is 4. The summed E-state index contributed by atoms with van der Waals surface area (Å²) < 4.78 is 5.72. The normalized spacial score (nSPS) is 22.4. The Hall–Kier alpha value is -3.01. The Morgan fingerprint density at radius 3 is 2.73 bits per heavy atom. The Labute approximate surface area is 130 Å². The summed E-state index contributed by atoms with van der Waals surface area (Å²) in [5.41, 5.74) is 0.992. The van der Waals surface area contributed by atoms with Gasteiger partial charge < -0.3 is 4.74 Å². The van der Waals surface area contributed by atoms with E-state index in [0.717, 1.165) is 11.3 Å². The number of aliphatic imine (C=N–C) groups is 3. The SMILES string of the molecule is C1=NC=N\C=C/C=C\C=N/C=C\COc2ccccc2/C=C\1. The van der Waals surface area contributed by atoms with Crippen molar-refractivity contribution in [2.24, 2.45) is 15.0 Å². The van der Waals surface area contributed by atoms with Crippen LogP contribution in [-0.4, -0.2) is 25.4 Å². The smallest absolute Gasteiger partial charge is 0.126 e. The minimum atomic E-state index is 0.465. The first kappa shape index (κ1) is 15.4. The fourth-order valence-electron chi connectivity index (χ4n) is 1.62. The average Bonchev–Trinajstić information content (AvgIpc) is 2.55. The van der Waals surface area contributed by atoms with Crippen molar-refractivity contribution in [1.82, 2.24) is 0 Å². The quantitative estimate of drug-likeness (QED) is 0.716. The lowest BCUT2D eigenvalue weighted by atomic mass is 10.2. The Balaban J connectivity index is 2.16. The maximum atomic E-state index is 5.72. The molecule has 0 aliphatic carbocycles. The second-order valence-corrected chi connectivity index (χ2v) is 4.18. The van der Waals surface area contributed by atoms with Crippen molar-refractivity contribution in [3.63, 3.8) is 0 Å². The predicted molar refractivity (Wildman–Crippen MR) is 93.9 cm³/mol. The number of fused-ring (bicyclic) bond motifs is 1. The van der Waals surface area contributed by atoms with Crippen molar-refractivity contribution >= 4 is 24.8 Å². The van der Waals surface area contributed by atoms with Crippen molar-refractivity contribution in [3.05, 3.63) is 72.6 Å². The van der Waals surface area contributed by atoms with Crippen LogP contribution >= 0.6 is 0 Å². The van der Waals surface area contributed by atoms with E-state index in [1.165, 1.54) is 6.34 Å². The van der Waals surface area contributed by atoms with Crippen LogP contribution in [-0.2, 0) is 0 Å². The summed E-state index contributed by atoms with van der Waals surface area (Å²) in [6, 6.07) is 7.83. The van der Waals surface area contributed by atoms with Crippen LogP contribution in [0.1, 0.15) is 5.56 Å². The van der Waals surface area contributed by atoms with Crippen molar-refractivity contribution in [3.8, 4) is 5.75 Å². The van der Waals surface area contributed by atoms with E-state index in [9.17, 15) is 0 Å². The zero-order chi connectivity index (χ0) is 15.3. The molecule has 0 atom stereocenters. The summed E-state index contributed by atoms with van der Waals surface area (Å²) in [6.07, 6.45) is 19.3. The topological polar surface area (TPSA) is 46.3 Å². The maximum absolute atomic E-state index is 5.72. The third-order valence-corrected chi connectivity index (χ3v) is 2.59. The van der Waals surface area contributed by atoms with Gasteiger partial charge in [-0.1, -0.05) is 24.3 Å². The van der Waals surface area contributed by atoms with E-state index in [2.05, 4.69) is 15.0 Å². The van der Waals surface area contributed by atoms with E-state index >= 15 is 0 Å². The molecule has 0 saturated carbocycles. The number of nitrogens with zero attached hydrogens (tertiary/aromatic N) is 3. The molecular weight excluding hydrogens is 274 g/mol. The Morgan fingerprint density at radius 1 is 0.818 bits per heavy atom. The predicted octanol–water partition coefficient (Wildman–Crippen LogP) is 3.85. The third kappa shape index (κ3) is 5.96. The molecule has 1 heterocycles. The molecule has 1 aliphatic heterocycles. The van der Waals surface area contributed by atoms with E-state index < -0.39 is 0 Å².